The van der Waals surface area contributed by atoms with E-state index in [1.807, 2.05) is 0 Å². The lowest BCUT2D eigenvalue weighted by Crippen LogP contribution is -2.35. The second-order valence-electron chi connectivity index (χ2n) is 7.42. The highest BCUT2D eigenvalue weighted by molar-refractivity contribution is 6.32. The van der Waals surface area contributed by atoms with Crippen molar-refractivity contribution in [3.63, 3.8) is 0 Å². The van der Waals surface area contributed by atoms with Crippen molar-refractivity contribution in [2.24, 2.45) is 0 Å². The van der Waals surface area contributed by atoms with Gasteiger partial charge in [0.15, 0.2) is 6.61 Å². The van der Waals surface area contributed by atoms with Gasteiger partial charge in [-0.15, -0.1) is 0 Å². The van der Waals surface area contributed by atoms with Gasteiger partial charge in [0.25, 0.3) is 17.7 Å². The molecule has 1 fully saturated rings. The fourth-order valence-electron chi connectivity index (χ4n) is 3.37. The van der Waals surface area contributed by atoms with Crippen molar-refractivity contribution in [1.82, 2.24) is 5.43 Å². The minimum absolute atomic E-state index is 0.0594. The van der Waals surface area contributed by atoms with Crippen molar-refractivity contribution >= 4 is 52.5 Å². The van der Waals surface area contributed by atoms with Crippen LogP contribution in [0.3, 0.4) is 0 Å². The van der Waals surface area contributed by atoms with Crippen LogP contribution in [-0.4, -0.2) is 29.3 Å². The molecule has 0 aliphatic carbocycles. The summed E-state index contributed by atoms with van der Waals surface area (Å²) in [6, 6.07) is 15.7. The van der Waals surface area contributed by atoms with Crippen molar-refractivity contribution in [2.45, 2.75) is 0 Å². The van der Waals surface area contributed by atoms with E-state index in [1.165, 1.54) is 24.3 Å². The molecule has 0 spiro atoms. The number of hydrazine groups is 1. The third-order valence-electron chi connectivity index (χ3n) is 4.92. The first-order valence-electron chi connectivity index (χ1n) is 10.3. The van der Waals surface area contributed by atoms with Crippen molar-refractivity contribution in [3.8, 4) is 5.75 Å². The molecule has 1 heterocycles. The van der Waals surface area contributed by atoms with Gasteiger partial charge in [0.1, 0.15) is 11.4 Å². The van der Waals surface area contributed by atoms with Crippen LogP contribution in [0.1, 0.15) is 5.56 Å². The Balaban J connectivity index is 1.64. The molecule has 4 rings (SSSR count). The molecule has 0 atom stereocenters. The molecule has 0 bridgehead atoms. The van der Waals surface area contributed by atoms with E-state index in [2.05, 4.69) is 10.7 Å². The van der Waals surface area contributed by atoms with Gasteiger partial charge >= 0.3 is 5.69 Å². The quantitative estimate of drug-likeness (QED) is 0.215. The first-order valence-corrected chi connectivity index (χ1v) is 10.7. The van der Waals surface area contributed by atoms with E-state index in [0.29, 0.717) is 5.69 Å². The third kappa shape index (κ3) is 5.31. The van der Waals surface area contributed by atoms with Crippen molar-refractivity contribution in [2.75, 3.05) is 16.9 Å². The maximum Gasteiger partial charge on any atom is 0.313 e. The van der Waals surface area contributed by atoms with E-state index in [9.17, 15) is 28.9 Å². The molecule has 0 unspecified atom stereocenters. The molecule has 3 aromatic carbocycles. The van der Waals surface area contributed by atoms with E-state index in [0.717, 1.165) is 23.2 Å². The summed E-state index contributed by atoms with van der Waals surface area (Å²) in [5.74, 6) is -3.14. The van der Waals surface area contributed by atoms with Gasteiger partial charge in [-0.2, -0.15) is 0 Å². The average molecular weight is 511 g/mol. The van der Waals surface area contributed by atoms with Crippen LogP contribution in [0, 0.1) is 15.9 Å². The van der Waals surface area contributed by atoms with Gasteiger partial charge in [-0.25, -0.2) is 9.40 Å². The van der Waals surface area contributed by atoms with Crippen LogP contribution in [0.2, 0.25) is 5.02 Å². The van der Waals surface area contributed by atoms with Gasteiger partial charge < -0.3 is 10.1 Å². The molecule has 12 heteroatoms. The highest BCUT2D eigenvalue weighted by Gasteiger charge is 2.35. The summed E-state index contributed by atoms with van der Waals surface area (Å²) < 4.78 is 18.8. The largest absolute Gasteiger partial charge is 0.476 e. The van der Waals surface area contributed by atoms with Gasteiger partial charge in [-0.05, 0) is 42.5 Å². The summed E-state index contributed by atoms with van der Waals surface area (Å²) in [7, 11) is 0. The summed E-state index contributed by atoms with van der Waals surface area (Å²) in [6.45, 7) is -0.689. The van der Waals surface area contributed by atoms with Gasteiger partial charge in [-0.3, -0.25) is 29.9 Å². The lowest BCUT2D eigenvalue weighted by Gasteiger charge is -2.14. The van der Waals surface area contributed by atoms with Crippen LogP contribution in [0.5, 0.6) is 5.75 Å². The Kier molecular flexibility index (Phi) is 6.93. The molecule has 182 valence electrons. The number of nitrogens with zero attached hydrogens (tertiary/aromatic N) is 2. The molecule has 10 nitrogen and oxygen atoms in total. The first kappa shape index (κ1) is 24.4. The van der Waals surface area contributed by atoms with Crippen LogP contribution < -0.4 is 20.5 Å². The Labute approximate surface area is 208 Å². The molecule has 0 radical (unpaired) electrons. The summed E-state index contributed by atoms with van der Waals surface area (Å²) in [5.41, 5.74) is 2.00. The number of rotatable bonds is 7. The fraction of sp³-hybridized carbons (Fsp3) is 0.0417. The molecule has 0 saturated carbocycles. The number of amides is 3. The number of halogens is 2. The number of nitro benzene ring substituents is 1. The second-order valence-corrected chi connectivity index (χ2v) is 7.86. The molecule has 3 amide bonds. The Morgan fingerprint density at radius 3 is 2.58 bits per heavy atom. The zero-order chi connectivity index (χ0) is 25.8. The molecule has 1 saturated heterocycles. The number of hydrogen-bond donors (Lipinski definition) is 2. The molecule has 2 N–H and O–H groups in total. The van der Waals surface area contributed by atoms with Crippen molar-refractivity contribution in [1.29, 1.82) is 0 Å². The molecule has 3 aromatic rings. The Bertz CT molecular complexity index is 1410. The Morgan fingerprint density at radius 2 is 1.89 bits per heavy atom. The summed E-state index contributed by atoms with van der Waals surface area (Å²) in [5, 5.41) is 15.0. The molecule has 36 heavy (non-hydrogen) atoms. The van der Waals surface area contributed by atoms with E-state index >= 15 is 0 Å². The maximum absolute atomic E-state index is 13.4. The van der Waals surface area contributed by atoms with E-state index in [4.69, 9.17) is 16.3 Å². The summed E-state index contributed by atoms with van der Waals surface area (Å²) >= 11 is 6.03. The predicted octanol–water partition coefficient (Wildman–Crippen LogP) is 3.87. The van der Waals surface area contributed by atoms with Crippen LogP contribution in [0.15, 0.2) is 72.3 Å². The minimum atomic E-state index is -0.777. The summed E-state index contributed by atoms with van der Waals surface area (Å²) in [6.07, 6.45) is 1.10. The highest BCUT2D eigenvalue weighted by atomic mass is 35.5. The SMILES string of the molecule is O=C(COc1c(/C=C2/C(=O)NN(c3ccccc3)C2=O)cc(Cl)cc1[N+](=O)[O-])Nc1cccc(F)c1. The van der Waals surface area contributed by atoms with Crippen LogP contribution in [0.25, 0.3) is 6.08 Å². The molecule has 1 aliphatic heterocycles. The van der Waals surface area contributed by atoms with E-state index < -0.39 is 40.8 Å². The smallest absolute Gasteiger partial charge is 0.313 e. The van der Waals surface area contributed by atoms with Crippen LogP contribution >= 0.6 is 11.6 Å². The monoisotopic (exact) mass is 510 g/mol. The standard InChI is InChI=1S/C24H16ClFN4O6/c25-15-9-14(10-19-23(32)28-29(24(19)33)18-7-2-1-3-8-18)22(20(11-15)30(34)35)36-13-21(31)27-17-6-4-5-16(26)12-17/h1-12H,13H2,(H,27,31)(H,28,32)/b19-10-. The molecular weight excluding hydrogens is 495 g/mol. The predicted molar refractivity (Wildman–Crippen MR) is 129 cm³/mol. The third-order valence-corrected chi connectivity index (χ3v) is 5.14. The van der Waals surface area contributed by atoms with Gasteiger partial charge in [0.05, 0.1) is 10.6 Å². The van der Waals surface area contributed by atoms with E-state index in [1.54, 1.807) is 30.3 Å². The molecular formula is C24H16ClFN4O6. The van der Waals surface area contributed by atoms with Crippen molar-refractivity contribution in [3.05, 3.63) is 98.8 Å². The zero-order valence-corrected chi connectivity index (χ0v) is 19.0. The topological polar surface area (TPSA) is 131 Å². The number of nitrogens with one attached hydrogen (secondary N) is 2. The summed E-state index contributed by atoms with van der Waals surface area (Å²) in [4.78, 5) is 48.6. The van der Waals surface area contributed by atoms with E-state index in [-0.39, 0.29) is 27.6 Å². The zero-order valence-electron chi connectivity index (χ0n) is 18.2. The average Bonchev–Trinajstić information content (AvgIpc) is 3.12. The number of para-hydroxylation sites is 1. The first-order chi connectivity index (χ1) is 17.2. The molecule has 0 aromatic heterocycles. The lowest BCUT2D eigenvalue weighted by molar-refractivity contribution is -0.385. The Morgan fingerprint density at radius 1 is 1.14 bits per heavy atom. The number of nitro groups is 1. The number of benzene rings is 3. The molecule has 1 aliphatic rings. The maximum atomic E-state index is 13.4. The van der Waals surface area contributed by atoms with Gasteiger partial charge in [-0.1, -0.05) is 35.9 Å². The number of ether oxygens (including phenoxy) is 1. The normalized spacial score (nSPS) is 14.1. The van der Waals surface area contributed by atoms with Gasteiger partial charge in [0, 0.05) is 22.3 Å². The highest BCUT2D eigenvalue weighted by Crippen LogP contribution is 2.36. The fourth-order valence-corrected chi connectivity index (χ4v) is 3.59. The Hall–Kier alpha value is -4.77. The number of hydrogen-bond acceptors (Lipinski definition) is 6. The number of anilines is 2. The number of carbonyl (C=O) groups is 3. The van der Waals surface area contributed by atoms with Gasteiger partial charge in [0.2, 0.25) is 5.75 Å². The minimum Gasteiger partial charge on any atom is -0.476 e. The van der Waals surface area contributed by atoms with Crippen LogP contribution in [0.4, 0.5) is 21.5 Å². The number of carbonyl (C=O) groups excluding carboxylic acids is 3. The second kappa shape index (κ2) is 10.2. The lowest BCUT2D eigenvalue weighted by atomic mass is 10.1. The van der Waals surface area contributed by atoms with Crippen molar-refractivity contribution < 1.29 is 28.4 Å². The van der Waals surface area contributed by atoms with Crippen LogP contribution in [-0.2, 0) is 14.4 Å².